The molecule has 2 rings (SSSR count). The summed E-state index contributed by atoms with van der Waals surface area (Å²) in [5.41, 5.74) is 0.302. The van der Waals surface area contributed by atoms with Crippen LogP contribution in [0, 0.1) is 11.7 Å². The summed E-state index contributed by atoms with van der Waals surface area (Å²) in [5, 5.41) is -0.823. The summed E-state index contributed by atoms with van der Waals surface area (Å²) in [5.74, 6) is -0.384. The van der Waals surface area contributed by atoms with Gasteiger partial charge in [-0.1, -0.05) is 24.6 Å². The van der Waals surface area contributed by atoms with Crippen LogP contribution in [-0.4, -0.2) is 5.78 Å². The van der Waals surface area contributed by atoms with E-state index >= 15 is 0 Å². The van der Waals surface area contributed by atoms with Crippen molar-refractivity contribution in [3.63, 3.8) is 0 Å². The molecule has 3 heteroatoms. The maximum absolute atomic E-state index is 13.3. The first-order chi connectivity index (χ1) is 7.20. The largest absolute Gasteiger partial charge is 0.297 e. The third-order valence-corrected chi connectivity index (χ3v) is 3.39. The Morgan fingerprint density at radius 1 is 1.40 bits per heavy atom. The van der Waals surface area contributed by atoms with E-state index in [4.69, 9.17) is 11.6 Å². The summed E-state index contributed by atoms with van der Waals surface area (Å²) in [6.07, 6.45) is 2.88. The van der Waals surface area contributed by atoms with Gasteiger partial charge < -0.3 is 0 Å². The first-order valence-corrected chi connectivity index (χ1v) is 5.56. The number of ketones is 1. The van der Waals surface area contributed by atoms with Crippen LogP contribution in [-0.2, 0) is 4.79 Å². The molecule has 0 spiro atoms. The van der Waals surface area contributed by atoms with E-state index in [2.05, 4.69) is 0 Å². The topological polar surface area (TPSA) is 17.1 Å². The highest BCUT2D eigenvalue weighted by Gasteiger charge is 2.31. The summed E-state index contributed by atoms with van der Waals surface area (Å²) >= 11 is 5.98. The molecule has 15 heavy (non-hydrogen) atoms. The van der Waals surface area contributed by atoms with Gasteiger partial charge in [0.05, 0.1) is 0 Å². The molecular weight excluding hydrogens is 215 g/mol. The summed E-state index contributed by atoms with van der Waals surface area (Å²) in [7, 11) is 0. The van der Waals surface area contributed by atoms with Crippen molar-refractivity contribution in [1.82, 2.24) is 0 Å². The minimum atomic E-state index is -0.823. The number of Topliss-reactive ketones (excluding diaryl/α,β-unsaturated/α-hetero) is 1. The van der Waals surface area contributed by atoms with Gasteiger partial charge in [-0.05, 0) is 18.9 Å². The van der Waals surface area contributed by atoms with Crippen molar-refractivity contribution in [3.8, 4) is 0 Å². The van der Waals surface area contributed by atoms with Crippen LogP contribution < -0.4 is 0 Å². The smallest absolute Gasteiger partial charge is 0.158 e. The van der Waals surface area contributed by atoms with E-state index in [1.165, 1.54) is 6.07 Å². The maximum Gasteiger partial charge on any atom is 0.158 e. The van der Waals surface area contributed by atoms with Gasteiger partial charge in [0.2, 0.25) is 0 Å². The molecule has 1 aromatic rings. The van der Waals surface area contributed by atoms with Gasteiger partial charge in [-0.2, -0.15) is 0 Å². The van der Waals surface area contributed by atoms with E-state index in [9.17, 15) is 9.18 Å². The summed E-state index contributed by atoms with van der Waals surface area (Å²) in [6, 6.07) is 6.19. The van der Waals surface area contributed by atoms with Crippen molar-refractivity contribution in [2.24, 2.45) is 5.92 Å². The standard InChI is InChI=1S/C12H12ClFO/c13-11(12(15)8-4-3-5-8)9-6-1-2-7-10(9)14/h1-2,6-8,11H,3-5H2. The second kappa shape index (κ2) is 4.31. The fraction of sp³-hybridized carbons (Fsp3) is 0.417. The summed E-state index contributed by atoms with van der Waals surface area (Å²) < 4.78 is 13.3. The Labute approximate surface area is 93.2 Å². The van der Waals surface area contributed by atoms with Crippen molar-refractivity contribution in [2.75, 3.05) is 0 Å². The minimum absolute atomic E-state index is 0.0342. The van der Waals surface area contributed by atoms with Crippen LogP contribution >= 0.6 is 11.6 Å². The zero-order valence-corrected chi connectivity index (χ0v) is 9.01. The molecular formula is C12H12ClFO. The van der Waals surface area contributed by atoms with Gasteiger partial charge in [-0.25, -0.2) is 4.39 Å². The number of hydrogen-bond acceptors (Lipinski definition) is 1. The van der Waals surface area contributed by atoms with Crippen LogP contribution in [0.4, 0.5) is 4.39 Å². The number of alkyl halides is 1. The summed E-state index contributed by atoms with van der Waals surface area (Å²) in [6.45, 7) is 0. The second-order valence-electron chi connectivity index (χ2n) is 3.91. The molecule has 0 amide bonds. The van der Waals surface area contributed by atoms with Crippen molar-refractivity contribution in [1.29, 1.82) is 0 Å². The Hall–Kier alpha value is -0.890. The lowest BCUT2D eigenvalue weighted by molar-refractivity contribution is -0.125. The number of carbonyl (C=O) groups excluding carboxylic acids is 1. The number of carbonyl (C=O) groups is 1. The average molecular weight is 227 g/mol. The van der Waals surface area contributed by atoms with E-state index in [1.54, 1.807) is 18.2 Å². The summed E-state index contributed by atoms with van der Waals surface area (Å²) in [4.78, 5) is 11.8. The molecule has 0 heterocycles. The average Bonchev–Trinajstić information content (AvgIpc) is 2.15. The molecule has 1 saturated carbocycles. The van der Waals surface area contributed by atoms with Gasteiger partial charge >= 0.3 is 0 Å². The maximum atomic E-state index is 13.3. The van der Waals surface area contributed by atoms with Crippen molar-refractivity contribution in [2.45, 2.75) is 24.6 Å². The highest BCUT2D eigenvalue weighted by atomic mass is 35.5. The lowest BCUT2D eigenvalue weighted by Crippen LogP contribution is -2.25. The number of hydrogen-bond donors (Lipinski definition) is 0. The van der Waals surface area contributed by atoms with Gasteiger partial charge in [0.15, 0.2) is 5.78 Å². The predicted octanol–water partition coefficient (Wildman–Crippen LogP) is 3.47. The SMILES string of the molecule is O=C(C1CCC1)C(Cl)c1ccccc1F. The Balaban J connectivity index is 2.16. The molecule has 0 aliphatic heterocycles. The lowest BCUT2D eigenvalue weighted by Gasteiger charge is -2.26. The first-order valence-electron chi connectivity index (χ1n) is 5.12. The second-order valence-corrected chi connectivity index (χ2v) is 4.35. The van der Waals surface area contributed by atoms with Crippen LogP contribution in [0.3, 0.4) is 0 Å². The molecule has 0 saturated heterocycles. The number of halogens is 2. The van der Waals surface area contributed by atoms with Gasteiger partial charge in [0, 0.05) is 11.5 Å². The van der Waals surface area contributed by atoms with E-state index < -0.39 is 11.2 Å². The normalized spacial score (nSPS) is 18.3. The van der Waals surface area contributed by atoms with E-state index in [0.717, 1.165) is 19.3 Å². The Morgan fingerprint density at radius 2 is 2.07 bits per heavy atom. The molecule has 1 aliphatic carbocycles. The van der Waals surface area contributed by atoms with Crippen LogP contribution in [0.5, 0.6) is 0 Å². The van der Waals surface area contributed by atoms with Gasteiger partial charge in [0.25, 0.3) is 0 Å². The molecule has 1 aromatic carbocycles. The zero-order valence-electron chi connectivity index (χ0n) is 8.25. The van der Waals surface area contributed by atoms with Gasteiger partial charge in [0.1, 0.15) is 11.2 Å². The molecule has 0 radical (unpaired) electrons. The van der Waals surface area contributed by atoms with Crippen molar-refractivity contribution >= 4 is 17.4 Å². The molecule has 0 N–H and O–H groups in total. The number of rotatable bonds is 3. The minimum Gasteiger partial charge on any atom is -0.297 e. The Kier molecular flexibility index (Phi) is 3.06. The molecule has 1 nitrogen and oxygen atoms in total. The van der Waals surface area contributed by atoms with Crippen molar-refractivity contribution < 1.29 is 9.18 Å². The van der Waals surface area contributed by atoms with Crippen molar-refractivity contribution in [3.05, 3.63) is 35.6 Å². The monoisotopic (exact) mass is 226 g/mol. The quantitative estimate of drug-likeness (QED) is 0.722. The molecule has 1 unspecified atom stereocenters. The van der Waals surface area contributed by atoms with Crippen LogP contribution in [0.25, 0.3) is 0 Å². The Morgan fingerprint density at radius 3 is 2.60 bits per heavy atom. The van der Waals surface area contributed by atoms with Gasteiger partial charge in [-0.15, -0.1) is 11.6 Å². The fourth-order valence-electron chi connectivity index (χ4n) is 1.73. The molecule has 1 atom stereocenters. The molecule has 0 aromatic heterocycles. The van der Waals surface area contributed by atoms with E-state index in [1.807, 2.05) is 0 Å². The zero-order chi connectivity index (χ0) is 10.8. The molecule has 1 aliphatic rings. The highest BCUT2D eigenvalue weighted by molar-refractivity contribution is 6.31. The highest BCUT2D eigenvalue weighted by Crippen LogP contribution is 2.35. The van der Waals surface area contributed by atoms with Crippen LogP contribution in [0.1, 0.15) is 30.2 Å². The van der Waals surface area contributed by atoms with Crippen LogP contribution in [0.15, 0.2) is 24.3 Å². The third kappa shape index (κ3) is 2.05. The first kappa shape index (κ1) is 10.6. The van der Waals surface area contributed by atoms with E-state index in [0.29, 0.717) is 5.56 Å². The van der Waals surface area contributed by atoms with E-state index in [-0.39, 0.29) is 11.7 Å². The Bertz CT molecular complexity index is 374. The molecule has 0 bridgehead atoms. The fourth-order valence-corrected chi connectivity index (χ4v) is 2.09. The predicted molar refractivity (Wildman–Crippen MR) is 57.3 cm³/mol. The number of benzene rings is 1. The molecule has 80 valence electrons. The van der Waals surface area contributed by atoms with Gasteiger partial charge in [-0.3, -0.25) is 4.79 Å². The third-order valence-electron chi connectivity index (χ3n) is 2.94. The van der Waals surface area contributed by atoms with Crippen LogP contribution in [0.2, 0.25) is 0 Å². The lowest BCUT2D eigenvalue weighted by atomic mass is 9.80. The molecule has 1 fully saturated rings.